The molecule has 0 aromatic carbocycles. The van der Waals surface area contributed by atoms with Gasteiger partial charge < -0.3 is 10.6 Å². The van der Waals surface area contributed by atoms with Crippen LogP contribution in [0.15, 0.2) is 36.2 Å². The third-order valence-electron chi connectivity index (χ3n) is 1.69. The van der Waals surface area contributed by atoms with Gasteiger partial charge in [0.15, 0.2) is 0 Å². The largest absolute Gasteiger partial charge is 0.379 e. The molecule has 1 atom stereocenters. The summed E-state index contributed by atoms with van der Waals surface area (Å²) in [5.41, 5.74) is 0.917. The molecule has 2 heterocycles. The lowest BCUT2D eigenvalue weighted by Gasteiger charge is -2.23. The van der Waals surface area contributed by atoms with Crippen LogP contribution in [0.4, 0.5) is 0 Å². The van der Waals surface area contributed by atoms with Gasteiger partial charge in [-0.3, -0.25) is 4.79 Å². The van der Waals surface area contributed by atoms with Crippen LogP contribution in [0.1, 0.15) is 0 Å². The molecule has 0 saturated carbocycles. The summed E-state index contributed by atoms with van der Waals surface area (Å²) in [5, 5.41) is 5.83. The Bertz CT molecular complexity index is 276. The number of nitrogens with one attached hydrogen (secondary N) is 2. The lowest BCUT2D eigenvalue weighted by Crippen LogP contribution is -2.39. The Morgan fingerprint density at radius 1 is 1.45 bits per heavy atom. The topological polar surface area (TPSA) is 41.1 Å². The van der Waals surface area contributed by atoms with Gasteiger partial charge in [-0.2, -0.15) is 0 Å². The first-order valence-electron chi connectivity index (χ1n) is 3.48. The van der Waals surface area contributed by atoms with Crippen LogP contribution in [0, 0.1) is 0 Å². The number of carbonyl (C=O) groups is 1. The van der Waals surface area contributed by atoms with Gasteiger partial charge in [-0.15, -0.1) is 0 Å². The van der Waals surface area contributed by atoms with Crippen LogP contribution in [0.5, 0.6) is 0 Å². The fourth-order valence-electron chi connectivity index (χ4n) is 1.15. The summed E-state index contributed by atoms with van der Waals surface area (Å²) < 4.78 is 0. The molecule has 0 radical (unpaired) electrons. The molecule has 2 N–H and O–H groups in total. The Morgan fingerprint density at radius 2 is 2.36 bits per heavy atom. The zero-order valence-electron chi connectivity index (χ0n) is 5.87. The molecule has 0 aromatic heterocycles. The molecule has 0 spiro atoms. The fraction of sp³-hybridized carbons (Fsp3) is 0.125. The number of dihydropyridines is 1. The van der Waals surface area contributed by atoms with Crippen molar-refractivity contribution >= 4 is 5.91 Å². The molecule has 0 aliphatic carbocycles. The second-order valence-electron chi connectivity index (χ2n) is 2.47. The highest BCUT2D eigenvalue weighted by molar-refractivity contribution is 5.90. The minimum Gasteiger partial charge on any atom is -0.379 e. The molecule has 2 aliphatic rings. The maximum Gasteiger partial charge on any atom is 0.247 e. The van der Waals surface area contributed by atoms with Crippen molar-refractivity contribution in [2.75, 3.05) is 0 Å². The Balaban J connectivity index is 2.31. The van der Waals surface area contributed by atoms with Crippen molar-refractivity contribution in [1.29, 1.82) is 0 Å². The van der Waals surface area contributed by atoms with E-state index in [1.54, 1.807) is 0 Å². The Morgan fingerprint density at radius 3 is 3.27 bits per heavy atom. The average Bonchev–Trinajstić information content (AvgIpc) is 2.04. The van der Waals surface area contributed by atoms with Crippen molar-refractivity contribution in [3.8, 4) is 0 Å². The predicted molar refractivity (Wildman–Crippen MR) is 41.4 cm³/mol. The summed E-state index contributed by atoms with van der Waals surface area (Å²) in [6.07, 6.45) is 8.99. The van der Waals surface area contributed by atoms with E-state index in [1.165, 1.54) is 6.08 Å². The normalized spacial score (nSPS) is 26.7. The standard InChI is InChI=1S/C8H8N2O/c11-8-4-3-6-7(10-8)2-1-5-9-6/h1-6,9H,(H,10,11). The molecule has 3 nitrogen and oxygen atoms in total. The molecule has 0 fully saturated rings. The summed E-state index contributed by atoms with van der Waals surface area (Å²) in [5.74, 6) is -0.0513. The van der Waals surface area contributed by atoms with Crippen LogP contribution >= 0.6 is 0 Å². The van der Waals surface area contributed by atoms with Crippen molar-refractivity contribution in [2.24, 2.45) is 0 Å². The Labute approximate surface area is 64.5 Å². The fourth-order valence-corrected chi connectivity index (χ4v) is 1.15. The molecule has 56 valence electrons. The van der Waals surface area contributed by atoms with E-state index in [-0.39, 0.29) is 11.9 Å². The van der Waals surface area contributed by atoms with E-state index in [4.69, 9.17) is 0 Å². The van der Waals surface area contributed by atoms with Crippen molar-refractivity contribution in [2.45, 2.75) is 6.04 Å². The number of fused-ring (bicyclic) bond motifs is 1. The predicted octanol–water partition coefficient (Wildman–Crippen LogP) is 0.0418. The maximum atomic E-state index is 10.8. The summed E-state index contributed by atoms with van der Waals surface area (Å²) in [6.45, 7) is 0. The van der Waals surface area contributed by atoms with Gasteiger partial charge in [0.2, 0.25) is 5.91 Å². The van der Waals surface area contributed by atoms with E-state index >= 15 is 0 Å². The maximum absolute atomic E-state index is 10.8. The molecule has 2 aliphatic heterocycles. The highest BCUT2D eigenvalue weighted by atomic mass is 16.1. The van der Waals surface area contributed by atoms with Crippen LogP contribution < -0.4 is 10.6 Å². The molecule has 1 amide bonds. The van der Waals surface area contributed by atoms with Crippen molar-refractivity contribution < 1.29 is 4.79 Å². The van der Waals surface area contributed by atoms with Gasteiger partial charge in [0.05, 0.1) is 6.04 Å². The Hall–Kier alpha value is -1.51. The minimum atomic E-state index is -0.0513. The highest BCUT2D eigenvalue weighted by Gasteiger charge is 2.17. The van der Waals surface area contributed by atoms with Crippen molar-refractivity contribution in [3.05, 3.63) is 36.2 Å². The van der Waals surface area contributed by atoms with Gasteiger partial charge >= 0.3 is 0 Å². The lowest BCUT2D eigenvalue weighted by atomic mass is 10.1. The molecule has 0 aromatic rings. The third kappa shape index (κ3) is 1.05. The molecule has 3 heteroatoms. The number of carbonyl (C=O) groups excluding carboxylic acids is 1. The van der Waals surface area contributed by atoms with Gasteiger partial charge in [0.1, 0.15) is 0 Å². The monoisotopic (exact) mass is 148 g/mol. The second kappa shape index (κ2) is 2.27. The second-order valence-corrected chi connectivity index (χ2v) is 2.47. The van der Waals surface area contributed by atoms with E-state index in [2.05, 4.69) is 10.6 Å². The first-order chi connectivity index (χ1) is 5.36. The van der Waals surface area contributed by atoms with Gasteiger partial charge in [0, 0.05) is 11.8 Å². The first-order valence-corrected chi connectivity index (χ1v) is 3.48. The van der Waals surface area contributed by atoms with E-state index in [9.17, 15) is 4.79 Å². The quantitative estimate of drug-likeness (QED) is 0.509. The minimum absolute atomic E-state index is 0.0513. The molecule has 0 saturated heterocycles. The van der Waals surface area contributed by atoms with Crippen LogP contribution in [0.25, 0.3) is 0 Å². The Kier molecular flexibility index (Phi) is 1.28. The molecule has 11 heavy (non-hydrogen) atoms. The van der Waals surface area contributed by atoms with Crippen molar-refractivity contribution in [3.63, 3.8) is 0 Å². The summed E-state index contributed by atoms with van der Waals surface area (Å²) in [4.78, 5) is 10.8. The van der Waals surface area contributed by atoms with Crippen LogP contribution in [0.3, 0.4) is 0 Å². The van der Waals surface area contributed by atoms with E-state index < -0.39 is 0 Å². The highest BCUT2D eigenvalue weighted by Crippen LogP contribution is 2.09. The van der Waals surface area contributed by atoms with Crippen molar-refractivity contribution in [1.82, 2.24) is 10.6 Å². The summed E-state index contributed by atoms with van der Waals surface area (Å²) in [6, 6.07) is 0.151. The number of hydrogen-bond donors (Lipinski definition) is 2. The average molecular weight is 148 g/mol. The molecular formula is C8H8N2O. The van der Waals surface area contributed by atoms with Crippen LogP contribution in [0.2, 0.25) is 0 Å². The van der Waals surface area contributed by atoms with E-state index in [0.717, 1.165) is 5.70 Å². The van der Waals surface area contributed by atoms with Gasteiger partial charge in [-0.25, -0.2) is 0 Å². The first kappa shape index (κ1) is 6.22. The van der Waals surface area contributed by atoms with Crippen LogP contribution in [-0.4, -0.2) is 11.9 Å². The van der Waals surface area contributed by atoms with E-state index in [1.807, 2.05) is 24.4 Å². The number of allylic oxidation sites excluding steroid dienone is 2. The van der Waals surface area contributed by atoms with Crippen LogP contribution in [-0.2, 0) is 4.79 Å². The van der Waals surface area contributed by atoms with Gasteiger partial charge in [-0.1, -0.05) is 6.08 Å². The summed E-state index contributed by atoms with van der Waals surface area (Å²) in [7, 11) is 0. The zero-order valence-corrected chi connectivity index (χ0v) is 5.87. The molecule has 1 unspecified atom stereocenters. The third-order valence-corrected chi connectivity index (χ3v) is 1.69. The zero-order chi connectivity index (χ0) is 7.68. The number of amides is 1. The van der Waals surface area contributed by atoms with Gasteiger partial charge in [0.25, 0.3) is 0 Å². The molecule has 0 bridgehead atoms. The van der Waals surface area contributed by atoms with Gasteiger partial charge in [-0.05, 0) is 18.4 Å². The molecule has 2 rings (SSSR count). The smallest absolute Gasteiger partial charge is 0.247 e. The SMILES string of the molecule is O=C1C=CC2NC=CC=C2N1. The number of hydrogen-bond acceptors (Lipinski definition) is 2. The summed E-state index contributed by atoms with van der Waals surface area (Å²) >= 11 is 0. The lowest BCUT2D eigenvalue weighted by molar-refractivity contribution is -0.116. The van der Waals surface area contributed by atoms with E-state index in [0.29, 0.717) is 0 Å². The molecular weight excluding hydrogens is 140 g/mol. The number of rotatable bonds is 0.